The molecule has 0 saturated heterocycles. The van der Waals surface area contributed by atoms with Gasteiger partial charge in [-0.1, -0.05) is 39.7 Å². The molecule has 2 aliphatic heterocycles. The molecule has 3 nitrogen and oxygen atoms in total. The summed E-state index contributed by atoms with van der Waals surface area (Å²) in [7, 11) is 0. The Morgan fingerprint density at radius 3 is 2.89 bits per heavy atom. The zero-order valence-electron chi connectivity index (χ0n) is 13.9. The molecular formula is C20H13BrClFN2OS. The number of thiophene rings is 1. The van der Waals surface area contributed by atoms with E-state index in [-0.39, 0.29) is 6.04 Å². The fourth-order valence-corrected chi connectivity index (χ4v) is 4.94. The average Bonchev–Trinajstić information content (AvgIpc) is 3.31. The zero-order chi connectivity index (χ0) is 18.5. The number of nitrogens with zero attached hydrogens (tertiary/aromatic N) is 2. The molecule has 5 rings (SSSR count). The van der Waals surface area contributed by atoms with Crippen molar-refractivity contribution in [2.75, 3.05) is 0 Å². The second kappa shape index (κ2) is 6.62. The highest BCUT2D eigenvalue weighted by Gasteiger charge is 2.42. The molecule has 0 aliphatic carbocycles. The summed E-state index contributed by atoms with van der Waals surface area (Å²) in [5.41, 5.74) is 2.32. The van der Waals surface area contributed by atoms with Gasteiger partial charge in [-0.3, -0.25) is 0 Å². The van der Waals surface area contributed by atoms with Gasteiger partial charge in [0.2, 0.25) is 6.23 Å². The minimum atomic E-state index is -0.713. The lowest BCUT2D eigenvalue weighted by Crippen LogP contribution is -2.34. The van der Waals surface area contributed by atoms with Crippen LogP contribution < -0.4 is 4.74 Å². The molecule has 2 atom stereocenters. The third-order valence-electron chi connectivity index (χ3n) is 4.80. The number of benzene rings is 2. The maximum Gasteiger partial charge on any atom is 0.218 e. The van der Waals surface area contributed by atoms with E-state index in [9.17, 15) is 4.39 Å². The highest BCUT2D eigenvalue weighted by molar-refractivity contribution is 9.10. The number of hydrogen-bond donors (Lipinski definition) is 0. The number of hydrogen-bond acceptors (Lipinski definition) is 4. The molecule has 0 fully saturated rings. The second-order valence-electron chi connectivity index (χ2n) is 6.41. The van der Waals surface area contributed by atoms with Crippen LogP contribution >= 0.6 is 38.9 Å². The summed E-state index contributed by atoms with van der Waals surface area (Å²) in [4.78, 5) is 1.11. The first kappa shape index (κ1) is 17.2. The van der Waals surface area contributed by atoms with Crippen LogP contribution in [-0.2, 0) is 0 Å². The van der Waals surface area contributed by atoms with Crippen molar-refractivity contribution in [1.29, 1.82) is 0 Å². The molecule has 0 saturated carbocycles. The topological polar surface area (TPSA) is 24.8 Å². The SMILES string of the molecule is Fc1cccc(Cl)c1[C@H]1Oc2ccc(Br)cc2[C@H]2CC(c3cccs3)=NN21. The third-order valence-corrected chi connectivity index (χ3v) is 6.55. The Balaban J connectivity index is 1.66. The highest BCUT2D eigenvalue weighted by Crippen LogP contribution is 2.49. The summed E-state index contributed by atoms with van der Waals surface area (Å²) < 4.78 is 21.8. The molecule has 0 radical (unpaired) electrons. The molecule has 0 unspecified atom stereocenters. The first-order chi connectivity index (χ1) is 13.1. The number of halogens is 3. The van der Waals surface area contributed by atoms with Gasteiger partial charge in [0.05, 0.1) is 27.2 Å². The maximum atomic E-state index is 14.7. The van der Waals surface area contributed by atoms with Crippen LogP contribution in [0.2, 0.25) is 5.02 Å². The van der Waals surface area contributed by atoms with Crippen molar-refractivity contribution in [1.82, 2.24) is 5.01 Å². The van der Waals surface area contributed by atoms with Crippen LogP contribution in [0.15, 0.2) is 63.5 Å². The first-order valence-corrected chi connectivity index (χ1v) is 10.5. The molecule has 1 aromatic heterocycles. The van der Waals surface area contributed by atoms with Crippen molar-refractivity contribution in [2.45, 2.75) is 18.7 Å². The van der Waals surface area contributed by atoms with Crippen LogP contribution in [0.5, 0.6) is 5.75 Å². The standard InChI is InChI=1S/C20H13BrClFN2OS/c21-11-6-7-17-12(9-11)16-10-15(18-5-2-8-27-18)24-25(16)20(26-17)19-13(22)3-1-4-14(19)23/h1-9,16,20H,10H2/t16-,20-/m1/s1. The van der Waals surface area contributed by atoms with Gasteiger partial charge in [0.25, 0.3) is 0 Å². The summed E-state index contributed by atoms with van der Waals surface area (Å²) in [5.74, 6) is 0.331. The monoisotopic (exact) mass is 462 g/mol. The lowest BCUT2D eigenvalue weighted by molar-refractivity contribution is -0.0211. The molecule has 0 N–H and O–H groups in total. The van der Waals surface area contributed by atoms with E-state index < -0.39 is 12.0 Å². The maximum absolute atomic E-state index is 14.7. The molecule has 3 aromatic rings. The van der Waals surface area contributed by atoms with Gasteiger partial charge in [-0.25, -0.2) is 9.40 Å². The Labute approximate surface area is 173 Å². The Hall–Kier alpha value is -1.89. The van der Waals surface area contributed by atoms with Gasteiger partial charge in [-0.2, -0.15) is 5.10 Å². The first-order valence-electron chi connectivity index (χ1n) is 8.41. The Kier molecular flexibility index (Phi) is 4.22. The van der Waals surface area contributed by atoms with Gasteiger partial charge in [-0.05, 0) is 41.8 Å². The quantitative estimate of drug-likeness (QED) is 0.431. The van der Waals surface area contributed by atoms with Gasteiger partial charge >= 0.3 is 0 Å². The second-order valence-corrected chi connectivity index (χ2v) is 8.68. The molecule has 2 aromatic carbocycles. The van der Waals surface area contributed by atoms with Crippen molar-refractivity contribution in [3.63, 3.8) is 0 Å². The smallest absolute Gasteiger partial charge is 0.218 e. The van der Waals surface area contributed by atoms with E-state index in [2.05, 4.69) is 22.0 Å². The van der Waals surface area contributed by atoms with Crippen molar-refractivity contribution >= 4 is 44.6 Å². The van der Waals surface area contributed by atoms with E-state index in [1.165, 1.54) is 6.07 Å². The third kappa shape index (κ3) is 2.87. The molecule has 7 heteroatoms. The van der Waals surface area contributed by atoms with Crippen LogP contribution in [0.1, 0.15) is 34.7 Å². The molecule has 136 valence electrons. The van der Waals surface area contributed by atoms with Gasteiger partial charge in [0, 0.05) is 16.5 Å². The number of ether oxygens (including phenoxy) is 1. The minimum absolute atomic E-state index is 0.0379. The van der Waals surface area contributed by atoms with Gasteiger partial charge < -0.3 is 4.74 Å². The Morgan fingerprint density at radius 1 is 1.22 bits per heavy atom. The van der Waals surface area contributed by atoms with Crippen molar-refractivity contribution < 1.29 is 9.13 Å². The summed E-state index contributed by atoms with van der Waals surface area (Å²) in [6.45, 7) is 0. The van der Waals surface area contributed by atoms with E-state index in [0.717, 1.165) is 32.8 Å². The van der Waals surface area contributed by atoms with E-state index in [1.807, 2.05) is 34.7 Å². The van der Waals surface area contributed by atoms with E-state index in [4.69, 9.17) is 21.4 Å². The average molecular weight is 464 g/mol. The fourth-order valence-electron chi connectivity index (χ4n) is 3.59. The number of hydrazone groups is 1. The Bertz CT molecular complexity index is 1040. The van der Waals surface area contributed by atoms with Crippen molar-refractivity contribution in [3.8, 4) is 5.75 Å². The molecule has 27 heavy (non-hydrogen) atoms. The molecule has 0 amide bonds. The predicted molar refractivity (Wildman–Crippen MR) is 109 cm³/mol. The molecule has 2 aliphatic rings. The van der Waals surface area contributed by atoms with Gasteiger partial charge in [0.15, 0.2) is 0 Å². The predicted octanol–water partition coefficient (Wildman–Crippen LogP) is 6.55. The normalized spacial score (nSPS) is 20.7. The van der Waals surface area contributed by atoms with Crippen LogP contribution in [-0.4, -0.2) is 10.7 Å². The minimum Gasteiger partial charge on any atom is -0.464 e. The molecular weight excluding hydrogens is 451 g/mol. The van der Waals surface area contributed by atoms with Gasteiger partial charge in [0.1, 0.15) is 11.6 Å². The summed E-state index contributed by atoms with van der Waals surface area (Å²) in [6, 6.07) is 14.6. The number of fused-ring (bicyclic) bond motifs is 3. The highest BCUT2D eigenvalue weighted by atomic mass is 79.9. The summed E-state index contributed by atoms with van der Waals surface area (Å²) >= 11 is 11.5. The van der Waals surface area contributed by atoms with E-state index >= 15 is 0 Å². The largest absolute Gasteiger partial charge is 0.464 e. The summed E-state index contributed by atoms with van der Waals surface area (Å²) in [6.07, 6.45) is 0.0189. The molecule has 3 heterocycles. The number of rotatable bonds is 2. The molecule has 0 bridgehead atoms. The van der Waals surface area contributed by atoms with Crippen LogP contribution in [0.25, 0.3) is 0 Å². The van der Waals surface area contributed by atoms with Crippen LogP contribution in [0.4, 0.5) is 4.39 Å². The lowest BCUT2D eigenvalue weighted by atomic mass is 9.97. The molecule has 0 spiro atoms. The van der Waals surface area contributed by atoms with Gasteiger partial charge in [-0.15, -0.1) is 11.3 Å². The van der Waals surface area contributed by atoms with Crippen molar-refractivity contribution in [3.05, 3.63) is 85.2 Å². The lowest BCUT2D eigenvalue weighted by Gasteiger charge is -2.38. The summed E-state index contributed by atoms with van der Waals surface area (Å²) in [5, 5.41) is 9.02. The van der Waals surface area contributed by atoms with Crippen LogP contribution in [0, 0.1) is 5.82 Å². The van der Waals surface area contributed by atoms with Crippen molar-refractivity contribution in [2.24, 2.45) is 5.10 Å². The Morgan fingerprint density at radius 2 is 2.11 bits per heavy atom. The van der Waals surface area contributed by atoms with Crippen LogP contribution in [0.3, 0.4) is 0 Å². The van der Waals surface area contributed by atoms with E-state index in [0.29, 0.717) is 10.6 Å². The zero-order valence-corrected chi connectivity index (χ0v) is 17.1. The fraction of sp³-hybridized carbons (Fsp3) is 0.150. The van der Waals surface area contributed by atoms with E-state index in [1.54, 1.807) is 23.5 Å².